The molecule has 0 aliphatic heterocycles. The van der Waals surface area contributed by atoms with Crippen molar-refractivity contribution in [3.63, 3.8) is 0 Å². The van der Waals surface area contributed by atoms with Gasteiger partial charge in [0.05, 0.1) is 6.61 Å². The van der Waals surface area contributed by atoms with Crippen molar-refractivity contribution in [3.05, 3.63) is 0 Å². The summed E-state index contributed by atoms with van der Waals surface area (Å²) in [6, 6.07) is 0.512. The third-order valence-electron chi connectivity index (χ3n) is 1.91. The summed E-state index contributed by atoms with van der Waals surface area (Å²) >= 11 is 0. The van der Waals surface area contributed by atoms with Crippen LogP contribution < -0.4 is 10.6 Å². The average Bonchev–Trinajstić information content (AvgIpc) is 2.21. The Balaban J connectivity index is 3.02. The van der Waals surface area contributed by atoms with Gasteiger partial charge >= 0.3 is 0 Å². The van der Waals surface area contributed by atoms with E-state index in [1.165, 1.54) is 0 Å². The molecule has 0 heterocycles. The maximum absolute atomic E-state index is 10.9. The van der Waals surface area contributed by atoms with E-state index < -0.39 is 0 Å². The molecule has 0 aromatic heterocycles. The monoisotopic (exact) mass is 216 g/mol. The van der Waals surface area contributed by atoms with Crippen molar-refractivity contribution in [2.45, 2.75) is 39.7 Å². The van der Waals surface area contributed by atoms with E-state index in [1.54, 1.807) is 0 Å². The molecule has 0 radical (unpaired) electrons. The summed E-state index contributed by atoms with van der Waals surface area (Å²) in [4.78, 5) is 10.9. The Kier molecular flexibility index (Phi) is 9.52. The Hall–Kier alpha value is -0.610. The molecule has 0 rings (SSSR count). The number of amides is 1. The molecule has 0 atom stereocenters. The lowest BCUT2D eigenvalue weighted by Gasteiger charge is -2.08. The molecule has 0 saturated carbocycles. The molecule has 2 N–H and O–H groups in total. The lowest BCUT2D eigenvalue weighted by molar-refractivity contribution is -0.120. The average molecular weight is 216 g/mol. The molecule has 4 heteroatoms. The van der Waals surface area contributed by atoms with Crippen LogP contribution in [-0.4, -0.2) is 38.3 Å². The number of nitrogens with one attached hydrogen (secondary N) is 2. The fourth-order valence-corrected chi connectivity index (χ4v) is 1.05. The van der Waals surface area contributed by atoms with Crippen LogP contribution in [0.2, 0.25) is 0 Å². The predicted molar refractivity (Wildman–Crippen MR) is 61.9 cm³/mol. The van der Waals surface area contributed by atoms with E-state index in [1.807, 2.05) is 6.92 Å². The standard InChI is InChI=1S/C11H24N2O2/c1-4-11(14)13-6-5-8-15-9-7-12-10(2)3/h10,12H,4-9H2,1-3H3,(H,13,14). The van der Waals surface area contributed by atoms with Crippen LogP contribution in [0.5, 0.6) is 0 Å². The fraction of sp³-hybridized carbons (Fsp3) is 0.909. The first-order valence-electron chi connectivity index (χ1n) is 5.74. The summed E-state index contributed by atoms with van der Waals surface area (Å²) in [5.41, 5.74) is 0. The Morgan fingerprint density at radius 3 is 2.60 bits per heavy atom. The molecule has 0 aliphatic carbocycles. The number of carbonyl (C=O) groups excluding carboxylic acids is 1. The molecule has 1 amide bonds. The zero-order chi connectivity index (χ0) is 11.5. The van der Waals surface area contributed by atoms with Crippen molar-refractivity contribution in [1.82, 2.24) is 10.6 Å². The molecule has 0 bridgehead atoms. The number of hydrogen-bond acceptors (Lipinski definition) is 3. The highest BCUT2D eigenvalue weighted by Crippen LogP contribution is 1.83. The fourth-order valence-electron chi connectivity index (χ4n) is 1.05. The first-order chi connectivity index (χ1) is 7.16. The van der Waals surface area contributed by atoms with Gasteiger partial charge in [-0.25, -0.2) is 0 Å². The number of ether oxygens (including phenoxy) is 1. The van der Waals surface area contributed by atoms with Crippen LogP contribution in [0.4, 0.5) is 0 Å². The number of rotatable bonds is 9. The zero-order valence-electron chi connectivity index (χ0n) is 10.1. The maximum atomic E-state index is 10.9. The first kappa shape index (κ1) is 14.4. The minimum atomic E-state index is 0.108. The van der Waals surface area contributed by atoms with E-state index >= 15 is 0 Å². The zero-order valence-corrected chi connectivity index (χ0v) is 10.1. The summed E-state index contributed by atoms with van der Waals surface area (Å²) in [6.07, 6.45) is 1.44. The lowest BCUT2D eigenvalue weighted by atomic mass is 10.4. The minimum Gasteiger partial charge on any atom is -0.380 e. The van der Waals surface area contributed by atoms with Crippen molar-refractivity contribution in [1.29, 1.82) is 0 Å². The molecule has 90 valence electrons. The van der Waals surface area contributed by atoms with Gasteiger partial charge in [0.25, 0.3) is 0 Å². The summed E-state index contributed by atoms with van der Waals surface area (Å²) in [6.45, 7) is 9.12. The second-order valence-electron chi connectivity index (χ2n) is 3.78. The van der Waals surface area contributed by atoms with E-state index in [-0.39, 0.29) is 5.91 Å². The molecule has 15 heavy (non-hydrogen) atoms. The van der Waals surface area contributed by atoms with Gasteiger partial charge in [-0.1, -0.05) is 20.8 Å². The largest absolute Gasteiger partial charge is 0.380 e. The SMILES string of the molecule is CCC(=O)NCCCOCCNC(C)C. The molecule has 0 aromatic rings. The molecule has 0 aliphatic rings. The van der Waals surface area contributed by atoms with Crippen molar-refractivity contribution in [2.24, 2.45) is 0 Å². The van der Waals surface area contributed by atoms with Crippen LogP contribution in [0.3, 0.4) is 0 Å². The van der Waals surface area contributed by atoms with Gasteiger partial charge in [-0.05, 0) is 6.42 Å². The van der Waals surface area contributed by atoms with Crippen LogP contribution in [0.25, 0.3) is 0 Å². The van der Waals surface area contributed by atoms with Crippen LogP contribution in [0.15, 0.2) is 0 Å². The molecular weight excluding hydrogens is 192 g/mol. The topological polar surface area (TPSA) is 50.4 Å². The van der Waals surface area contributed by atoms with E-state index in [0.29, 0.717) is 25.6 Å². The van der Waals surface area contributed by atoms with Crippen molar-refractivity contribution in [2.75, 3.05) is 26.3 Å². The second kappa shape index (κ2) is 9.93. The van der Waals surface area contributed by atoms with E-state index in [9.17, 15) is 4.79 Å². The third kappa shape index (κ3) is 11.3. The molecule has 0 unspecified atom stereocenters. The summed E-state index contributed by atoms with van der Waals surface area (Å²) in [7, 11) is 0. The van der Waals surface area contributed by atoms with Crippen LogP contribution in [0.1, 0.15) is 33.6 Å². The van der Waals surface area contributed by atoms with Gasteiger partial charge in [0.1, 0.15) is 0 Å². The van der Waals surface area contributed by atoms with Gasteiger partial charge in [0.2, 0.25) is 5.91 Å². The highest BCUT2D eigenvalue weighted by molar-refractivity contribution is 5.75. The van der Waals surface area contributed by atoms with Gasteiger partial charge in [0.15, 0.2) is 0 Å². The quantitative estimate of drug-likeness (QED) is 0.563. The van der Waals surface area contributed by atoms with E-state index in [2.05, 4.69) is 24.5 Å². The maximum Gasteiger partial charge on any atom is 0.219 e. The van der Waals surface area contributed by atoms with Crippen LogP contribution in [-0.2, 0) is 9.53 Å². The van der Waals surface area contributed by atoms with Gasteiger partial charge < -0.3 is 15.4 Å². The van der Waals surface area contributed by atoms with Gasteiger partial charge in [-0.2, -0.15) is 0 Å². The Bertz CT molecular complexity index is 161. The van der Waals surface area contributed by atoms with Crippen molar-refractivity contribution >= 4 is 5.91 Å². The Morgan fingerprint density at radius 1 is 1.27 bits per heavy atom. The van der Waals surface area contributed by atoms with Crippen molar-refractivity contribution in [3.8, 4) is 0 Å². The smallest absolute Gasteiger partial charge is 0.219 e. The highest BCUT2D eigenvalue weighted by Gasteiger charge is 1.95. The minimum absolute atomic E-state index is 0.108. The second-order valence-corrected chi connectivity index (χ2v) is 3.78. The summed E-state index contributed by atoms with van der Waals surface area (Å²) in [5.74, 6) is 0.108. The first-order valence-corrected chi connectivity index (χ1v) is 5.74. The normalized spacial score (nSPS) is 10.7. The van der Waals surface area contributed by atoms with Crippen LogP contribution >= 0.6 is 0 Å². The Labute approximate surface area is 92.8 Å². The van der Waals surface area contributed by atoms with Gasteiger partial charge in [0, 0.05) is 32.2 Å². The predicted octanol–water partition coefficient (Wildman–Crippen LogP) is 0.917. The number of carbonyl (C=O) groups is 1. The van der Waals surface area contributed by atoms with E-state index in [0.717, 1.165) is 19.6 Å². The third-order valence-corrected chi connectivity index (χ3v) is 1.91. The highest BCUT2D eigenvalue weighted by atomic mass is 16.5. The molecule has 0 saturated heterocycles. The molecule has 4 nitrogen and oxygen atoms in total. The lowest BCUT2D eigenvalue weighted by Crippen LogP contribution is -2.27. The molecule has 0 spiro atoms. The molecule has 0 fully saturated rings. The van der Waals surface area contributed by atoms with E-state index in [4.69, 9.17) is 4.74 Å². The molecular formula is C11H24N2O2. The van der Waals surface area contributed by atoms with Crippen LogP contribution in [0, 0.1) is 0 Å². The summed E-state index contributed by atoms with van der Waals surface area (Å²) < 4.78 is 5.39. The molecule has 0 aromatic carbocycles. The summed E-state index contributed by atoms with van der Waals surface area (Å²) in [5, 5.41) is 6.08. The van der Waals surface area contributed by atoms with Crippen molar-refractivity contribution < 1.29 is 9.53 Å². The number of hydrogen-bond donors (Lipinski definition) is 2. The Morgan fingerprint density at radius 2 is 2.00 bits per heavy atom. The van der Waals surface area contributed by atoms with Gasteiger partial charge in [-0.15, -0.1) is 0 Å². The van der Waals surface area contributed by atoms with Gasteiger partial charge in [-0.3, -0.25) is 4.79 Å².